The summed E-state index contributed by atoms with van der Waals surface area (Å²) in [6.45, 7) is 9.27. The standard InChI is InChI=1S/C12H24N2O2/c1-7-9(13-6)11(16)14-10(8(2)15)12(3,4)5/h9-10,13H,7H2,1-6H3,(H,14,16)/t9-,10+/m0/s1. The largest absolute Gasteiger partial charge is 0.344 e. The SMILES string of the molecule is CC[C@H](NC)C(=O)N[C@H](C(C)=O)C(C)(C)C. The molecule has 2 N–H and O–H groups in total. The molecule has 16 heavy (non-hydrogen) atoms. The number of carbonyl (C=O) groups is 2. The zero-order valence-electron chi connectivity index (χ0n) is 11.2. The van der Waals surface area contributed by atoms with Crippen molar-refractivity contribution in [2.45, 2.75) is 53.1 Å². The molecule has 0 unspecified atom stereocenters. The summed E-state index contributed by atoms with van der Waals surface area (Å²) in [5.74, 6) is -0.119. The van der Waals surface area contributed by atoms with Crippen LogP contribution in [0.5, 0.6) is 0 Å². The van der Waals surface area contributed by atoms with Crippen molar-refractivity contribution < 1.29 is 9.59 Å². The molecule has 1 amide bonds. The van der Waals surface area contributed by atoms with Gasteiger partial charge in [0.1, 0.15) is 0 Å². The summed E-state index contributed by atoms with van der Waals surface area (Å²) in [7, 11) is 1.74. The highest BCUT2D eigenvalue weighted by Gasteiger charge is 2.31. The number of hydrogen-bond donors (Lipinski definition) is 2. The molecule has 0 aliphatic carbocycles. The van der Waals surface area contributed by atoms with Crippen molar-refractivity contribution in [2.24, 2.45) is 5.41 Å². The highest BCUT2D eigenvalue weighted by molar-refractivity contribution is 5.90. The summed E-state index contributed by atoms with van der Waals surface area (Å²) in [6.07, 6.45) is 0.705. The molecule has 4 nitrogen and oxygen atoms in total. The van der Waals surface area contributed by atoms with Crippen LogP contribution in [0, 0.1) is 5.41 Å². The van der Waals surface area contributed by atoms with E-state index in [-0.39, 0.29) is 23.1 Å². The number of likely N-dealkylation sites (N-methyl/N-ethyl adjacent to an activating group) is 1. The van der Waals surface area contributed by atoms with E-state index in [0.29, 0.717) is 6.42 Å². The maximum Gasteiger partial charge on any atom is 0.237 e. The van der Waals surface area contributed by atoms with E-state index in [1.165, 1.54) is 6.92 Å². The highest BCUT2D eigenvalue weighted by atomic mass is 16.2. The van der Waals surface area contributed by atoms with Gasteiger partial charge in [-0.05, 0) is 25.8 Å². The molecule has 0 aromatic heterocycles. The number of hydrogen-bond acceptors (Lipinski definition) is 3. The van der Waals surface area contributed by atoms with Crippen LogP contribution in [0.3, 0.4) is 0 Å². The number of Topliss-reactive ketones (excluding diaryl/α,β-unsaturated/α-hetero) is 1. The Morgan fingerprint density at radius 1 is 1.25 bits per heavy atom. The second-order valence-corrected chi connectivity index (χ2v) is 5.17. The first kappa shape index (κ1) is 15.1. The van der Waals surface area contributed by atoms with Crippen molar-refractivity contribution in [1.29, 1.82) is 0 Å². The van der Waals surface area contributed by atoms with E-state index in [2.05, 4.69) is 10.6 Å². The van der Waals surface area contributed by atoms with Crippen LogP contribution in [-0.4, -0.2) is 30.8 Å². The van der Waals surface area contributed by atoms with Gasteiger partial charge < -0.3 is 10.6 Å². The van der Waals surface area contributed by atoms with Crippen molar-refractivity contribution in [2.75, 3.05) is 7.05 Å². The van der Waals surface area contributed by atoms with Gasteiger partial charge in [0, 0.05) is 0 Å². The van der Waals surface area contributed by atoms with Crippen LogP contribution < -0.4 is 10.6 Å². The van der Waals surface area contributed by atoms with E-state index in [0.717, 1.165) is 0 Å². The van der Waals surface area contributed by atoms with Gasteiger partial charge in [0.25, 0.3) is 0 Å². The number of nitrogens with one attached hydrogen (secondary N) is 2. The van der Waals surface area contributed by atoms with Crippen molar-refractivity contribution in [1.82, 2.24) is 10.6 Å². The number of ketones is 1. The van der Waals surface area contributed by atoms with Crippen LogP contribution in [0.15, 0.2) is 0 Å². The smallest absolute Gasteiger partial charge is 0.237 e. The molecule has 0 aliphatic heterocycles. The molecular weight excluding hydrogens is 204 g/mol. The van der Waals surface area contributed by atoms with Gasteiger partial charge in [-0.1, -0.05) is 27.7 Å². The lowest BCUT2D eigenvalue weighted by Gasteiger charge is -2.30. The third-order valence-electron chi connectivity index (χ3n) is 2.63. The molecule has 0 fully saturated rings. The van der Waals surface area contributed by atoms with Gasteiger partial charge in [-0.15, -0.1) is 0 Å². The lowest BCUT2D eigenvalue weighted by atomic mass is 9.84. The second-order valence-electron chi connectivity index (χ2n) is 5.17. The van der Waals surface area contributed by atoms with Gasteiger partial charge in [0.05, 0.1) is 12.1 Å². The molecule has 0 aromatic carbocycles. The molecule has 0 radical (unpaired) electrons. The number of rotatable bonds is 5. The fourth-order valence-corrected chi connectivity index (χ4v) is 1.69. The van der Waals surface area contributed by atoms with Gasteiger partial charge in [-0.2, -0.15) is 0 Å². The molecule has 0 aromatic rings. The van der Waals surface area contributed by atoms with Crippen molar-refractivity contribution in [3.05, 3.63) is 0 Å². The minimum Gasteiger partial charge on any atom is -0.344 e. The Morgan fingerprint density at radius 3 is 2.00 bits per heavy atom. The van der Waals surface area contributed by atoms with Crippen LogP contribution in [-0.2, 0) is 9.59 Å². The Bertz CT molecular complexity index is 252. The molecule has 0 saturated carbocycles. The number of carbonyl (C=O) groups excluding carboxylic acids is 2. The summed E-state index contributed by atoms with van der Waals surface area (Å²) in [6, 6.07) is -0.661. The van der Waals surface area contributed by atoms with Gasteiger partial charge in [0.15, 0.2) is 5.78 Å². The zero-order chi connectivity index (χ0) is 12.9. The lowest BCUT2D eigenvalue weighted by Crippen LogP contribution is -2.53. The minimum absolute atomic E-state index is 0.00759. The zero-order valence-corrected chi connectivity index (χ0v) is 11.2. The predicted octanol–water partition coefficient (Wildman–Crippen LogP) is 1.10. The van der Waals surface area contributed by atoms with Crippen LogP contribution in [0.4, 0.5) is 0 Å². The van der Waals surface area contributed by atoms with Gasteiger partial charge in [-0.3, -0.25) is 9.59 Å². The normalized spacial score (nSPS) is 15.4. The molecule has 0 spiro atoms. The minimum atomic E-state index is -0.428. The predicted molar refractivity (Wildman–Crippen MR) is 65.2 cm³/mol. The average Bonchev–Trinajstić information content (AvgIpc) is 2.13. The first-order chi connectivity index (χ1) is 7.23. The quantitative estimate of drug-likeness (QED) is 0.741. The van der Waals surface area contributed by atoms with E-state index >= 15 is 0 Å². The Balaban J connectivity index is 4.65. The monoisotopic (exact) mass is 228 g/mol. The van der Waals surface area contributed by atoms with Crippen LogP contribution in [0.25, 0.3) is 0 Å². The first-order valence-electron chi connectivity index (χ1n) is 5.72. The Kier molecular flexibility index (Phi) is 5.65. The second kappa shape index (κ2) is 5.99. The lowest BCUT2D eigenvalue weighted by molar-refractivity contribution is -0.130. The molecule has 0 bridgehead atoms. The molecule has 94 valence electrons. The summed E-state index contributed by atoms with van der Waals surface area (Å²) in [5.41, 5.74) is -0.256. The maximum absolute atomic E-state index is 11.8. The molecule has 2 atom stereocenters. The Labute approximate surface area is 98.2 Å². The number of amides is 1. The van der Waals surface area contributed by atoms with E-state index in [9.17, 15) is 9.59 Å². The summed E-state index contributed by atoms with van der Waals surface area (Å²) in [4.78, 5) is 23.3. The van der Waals surface area contributed by atoms with Crippen LogP contribution in [0.1, 0.15) is 41.0 Å². The third-order valence-corrected chi connectivity index (χ3v) is 2.63. The van der Waals surface area contributed by atoms with Crippen LogP contribution >= 0.6 is 0 Å². The average molecular weight is 228 g/mol. The van der Waals surface area contributed by atoms with Crippen molar-refractivity contribution in [3.8, 4) is 0 Å². The molecule has 0 rings (SSSR count). The molecule has 0 heterocycles. The van der Waals surface area contributed by atoms with E-state index in [1.54, 1.807) is 7.05 Å². The van der Waals surface area contributed by atoms with Crippen LogP contribution in [0.2, 0.25) is 0 Å². The van der Waals surface area contributed by atoms with Gasteiger partial charge in [-0.25, -0.2) is 0 Å². The molecule has 0 saturated heterocycles. The summed E-state index contributed by atoms with van der Waals surface area (Å²) >= 11 is 0. The highest BCUT2D eigenvalue weighted by Crippen LogP contribution is 2.20. The topological polar surface area (TPSA) is 58.2 Å². The van der Waals surface area contributed by atoms with Gasteiger partial charge >= 0.3 is 0 Å². The Hall–Kier alpha value is -0.900. The fourth-order valence-electron chi connectivity index (χ4n) is 1.69. The maximum atomic E-state index is 11.8. The van der Waals surface area contributed by atoms with E-state index < -0.39 is 6.04 Å². The third kappa shape index (κ3) is 4.31. The Morgan fingerprint density at radius 2 is 1.75 bits per heavy atom. The molecule has 0 aliphatic rings. The van der Waals surface area contributed by atoms with E-state index in [4.69, 9.17) is 0 Å². The van der Waals surface area contributed by atoms with Crippen molar-refractivity contribution >= 4 is 11.7 Å². The fraction of sp³-hybridized carbons (Fsp3) is 0.833. The van der Waals surface area contributed by atoms with E-state index in [1.807, 2.05) is 27.7 Å². The first-order valence-corrected chi connectivity index (χ1v) is 5.72. The molecular formula is C12H24N2O2. The summed E-state index contributed by atoms with van der Waals surface area (Å²) < 4.78 is 0. The van der Waals surface area contributed by atoms with Gasteiger partial charge in [0.2, 0.25) is 5.91 Å². The summed E-state index contributed by atoms with van der Waals surface area (Å²) in [5, 5.41) is 5.73. The van der Waals surface area contributed by atoms with Crippen molar-refractivity contribution in [3.63, 3.8) is 0 Å². The molecule has 4 heteroatoms.